The summed E-state index contributed by atoms with van der Waals surface area (Å²) in [6, 6.07) is 57.2. The van der Waals surface area contributed by atoms with Crippen LogP contribution in [0, 0.1) is 0 Å². The van der Waals surface area contributed by atoms with Gasteiger partial charge in [0, 0.05) is 57.7 Å². The van der Waals surface area contributed by atoms with E-state index in [9.17, 15) is 0 Å². The molecule has 4 heteroatoms. The number of benzene rings is 6. The van der Waals surface area contributed by atoms with Crippen LogP contribution in [0.15, 0.2) is 183 Å². The van der Waals surface area contributed by atoms with Gasteiger partial charge >= 0.3 is 0 Å². The summed E-state index contributed by atoms with van der Waals surface area (Å²) in [4.78, 5) is 8.76. The number of nitrogens with zero attached hydrogens (tertiary/aromatic N) is 4. The van der Waals surface area contributed by atoms with Crippen molar-refractivity contribution in [3.63, 3.8) is 0 Å². The third kappa shape index (κ3) is 5.24. The van der Waals surface area contributed by atoms with Crippen LogP contribution >= 0.6 is 0 Å². The minimum Gasteiger partial charge on any atom is -0.309 e. The van der Waals surface area contributed by atoms with Crippen molar-refractivity contribution in [1.82, 2.24) is 19.1 Å². The summed E-state index contributed by atoms with van der Waals surface area (Å²) in [6.45, 7) is 0. The van der Waals surface area contributed by atoms with Gasteiger partial charge in [-0.05, 0) is 94.8 Å². The number of pyridine rings is 2. The fourth-order valence-corrected chi connectivity index (χ4v) is 7.82. The van der Waals surface area contributed by atoms with E-state index in [4.69, 9.17) is 0 Å². The molecular weight excluding hydrogens is 633 g/mol. The van der Waals surface area contributed by atoms with E-state index in [1.807, 2.05) is 24.8 Å². The highest BCUT2D eigenvalue weighted by atomic mass is 15.0. The second-order valence-corrected chi connectivity index (χ2v) is 13.6. The second-order valence-electron chi connectivity index (χ2n) is 13.6. The van der Waals surface area contributed by atoms with Gasteiger partial charge in [-0.2, -0.15) is 0 Å². The minimum absolute atomic E-state index is 0.892. The second kappa shape index (κ2) is 12.5. The van der Waals surface area contributed by atoms with Gasteiger partial charge in [0.15, 0.2) is 0 Å². The van der Waals surface area contributed by atoms with Gasteiger partial charge in [-0.1, -0.05) is 109 Å². The molecule has 0 saturated carbocycles. The zero-order valence-corrected chi connectivity index (χ0v) is 28.5. The zero-order chi connectivity index (χ0) is 34.4. The SMILES string of the molecule is c1ccc2c(c1)c1cnccc1n2-c1ccc(Cc2ccc(-c3ccc(Cc4ccc(-n5c6ccccc6c6cnccc65)cc4)cc3)cc2)cc1. The number of para-hydroxylation sites is 2. The van der Waals surface area contributed by atoms with Crippen molar-refractivity contribution in [2.45, 2.75) is 12.8 Å². The summed E-state index contributed by atoms with van der Waals surface area (Å²) in [5.41, 5.74) is 14.7. The molecule has 0 radical (unpaired) electrons. The molecule has 4 aromatic heterocycles. The maximum Gasteiger partial charge on any atom is 0.0571 e. The molecule has 0 amide bonds. The monoisotopic (exact) mass is 666 g/mol. The van der Waals surface area contributed by atoms with Crippen molar-refractivity contribution < 1.29 is 0 Å². The van der Waals surface area contributed by atoms with E-state index in [-0.39, 0.29) is 0 Å². The van der Waals surface area contributed by atoms with Crippen LogP contribution in [0.4, 0.5) is 0 Å². The van der Waals surface area contributed by atoms with Crippen LogP contribution in [0.2, 0.25) is 0 Å². The Balaban J connectivity index is 0.822. The van der Waals surface area contributed by atoms with Crippen LogP contribution in [-0.2, 0) is 12.8 Å². The van der Waals surface area contributed by atoms with Crippen molar-refractivity contribution in [3.8, 4) is 22.5 Å². The number of rotatable bonds is 7. The molecule has 0 aliphatic carbocycles. The lowest BCUT2D eigenvalue weighted by atomic mass is 9.98. The van der Waals surface area contributed by atoms with E-state index >= 15 is 0 Å². The zero-order valence-electron chi connectivity index (χ0n) is 28.5. The van der Waals surface area contributed by atoms with Crippen LogP contribution in [0.3, 0.4) is 0 Å². The molecule has 0 aliphatic rings. The molecule has 52 heavy (non-hydrogen) atoms. The third-order valence-electron chi connectivity index (χ3n) is 10.4. The van der Waals surface area contributed by atoms with E-state index in [0.29, 0.717) is 0 Å². The van der Waals surface area contributed by atoms with Crippen LogP contribution in [0.5, 0.6) is 0 Å². The Morgan fingerprint density at radius 2 is 0.673 bits per heavy atom. The van der Waals surface area contributed by atoms with Gasteiger partial charge in [-0.25, -0.2) is 0 Å². The quantitative estimate of drug-likeness (QED) is 0.170. The molecule has 6 aromatic carbocycles. The van der Waals surface area contributed by atoms with Crippen molar-refractivity contribution in [1.29, 1.82) is 0 Å². The highest BCUT2D eigenvalue weighted by Crippen LogP contribution is 2.33. The Labute approximate surface area is 301 Å². The number of hydrogen-bond donors (Lipinski definition) is 0. The predicted octanol–water partition coefficient (Wildman–Crippen LogP) is 11.5. The molecule has 0 aliphatic heterocycles. The lowest BCUT2D eigenvalue weighted by Gasteiger charge is -2.10. The highest BCUT2D eigenvalue weighted by molar-refractivity contribution is 6.09. The third-order valence-corrected chi connectivity index (χ3v) is 10.4. The van der Waals surface area contributed by atoms with E-state index in [1.54, 1.807) is 0 Å². The topological polar surface area (TPSA) is 35.6 Å². The maximum absolute atomic E-state index is 4.38. The minimum atomic E-state index is 0.892. The first kappa shape index (κ1) is 30.1. The molecule has 4 nitrogen and oxygen atoms in total. The molecule has 0 saturated heterocycles. The Morgan fingerprint density at radius 1 is 0.327 bits per heavy atom. The lowest BCUT2D eigenvalue weighted by molar-refractivity contribution is 1.14. The van der Waals surface area contributed by atoms with Crippen LogP contribution in [-0.4, -0.2) is 19.1 Å². The van der Waals surface area contributed by atoms with Gasteiger partial charge in [0.1, 0.15) is 0 Å². The van der Waals surface area contributed by atoms with Crippen molar-refractivity contribution in [3.05, 3.63) is 205 Å². The largest absolute Gasteiger partial charge is 0.309 e. The molecule has 0 bridgehead atoms. The van der Waals surface area contributed by atoms with Gasteiger partial charge in [0.05, 0.1) is 22.1 Å². The average Bonchev–Trinajstić information content (AvgIpc) is 3.73. The van der Waals surface area contributed by atoms with Crippen molar-refractivity contribution in [2.24, 2.45) is 0 Å². The Bertz CT molecular complexity index is 2550. The Kier molecular flexibility index (Phi) is 7.24. The van der Waals surface area contributed by atoms with Crippen LogP contribution in [0.1, 0.15) is 22.3 Å². The molecule has 0 N–H and O–H groups in total. The first-order valence-corrected chi connectivity index (χ1v) is 17.8. The van der Waals surface area contributed by atoms with Crippen molar-refractivity contribution >= 4 is 43.6 Å². The van der Waals surface area contributed by atoms with Crippen LogP contribution in [0.25, 0.3) is 66.1 Å². The molecular formula is C48H34N4. The molecule has 0 fully saturated rings. The smallest absolute Gasteiger partial charge is 0.0571 e. The van der Waals surface area contributed by atoms with E-state index < -0.39 is 0 Å². The Morgan fingerprint density at radius 3 is 1.08 bits per heavy atom. The number of hydrogen-bond acceptors (Lipinski definition) is 2. The fourth-order valence-electron chi connectivity index (χ4n) is 7.82. The summed E-state index contributed by atoms with van der Waals surface area (Å²) in [5, 5.41) is 4.81. The van der Waals surface area contributed by atoms with Crippen LogP contribution < -0.4 is 0 Å². The summed E-state index contributed by atoms with van der Waals surface area (Å²) in [6.07, 6.45) is 9.46. The lowest BCUT2D eigenvalue weighted by Crippen LogP contribution is -1.95. The molecule has 246 valence electrons. The molecule has 4 heterocycles. The van der Waals surface area contributed by atoms with E-state index in [1.165, 1.54) is 77.0 Å². The summed E-state index contributed by atoms with van der Waals surface area (Å²) < 4.78 is 4.66. The van der Waals surface area contributed by atoms with E-state index in [2.05, 4.69) is 177 Å². The predicted molar refractivity (Wildman–Crippen MR) is 215 cm³/mol. The first-order chi connectivity index (χ1) is 25.8. The summed E-state index contributed by atoms with van der Waals surface area (Å²) >= 11 is 0. The van der Waals surface area contributed by atoms with Crippen molar-refractivity contribution in [2.75, 3.05) is 0 Å². The normalized spacial score (nSPS) is 11.6. The summed E-state index contributed by atoms with van der Waals surface area (Å²) in [7, 11) is 0. The Hall–Kier alpha value is -6.78. The highest BCUT2D eigenvalue weighted by Gasteiger charge is 2.13. The van der Waals surface area contributed by atoms with Gasteiger partial charge in [0.2, 0.25) is 0 Å². The van der Waals surface area contributed by atoms with Gasteiger partial charge in [-0.15, -0.1) is 0 Å². The van der Waals surface area contributed by atoms with Gasteiger partial charge in [0.25, 0.3) is 0 Å². The maximum atomic E-state index is 4.38. The standard InChI is InChI=1S/C48H34N4/c1-3-7-45-41(5-1)43-31-49-27-25-47(43)51(45)39-21-13-35(14-22-39)29-33-9-17-37(18-10-33)38-19-11-34(12-20-38)30-36-15-23-40(24-16-36)52-46-8-4-2-6-42(46)44-32-50-28-26-48(44)52/h1-28,31-32H,29-30H2. The fraction of sp³-hybridized carbons (Fsp3) is 0.0417. The molecule has 0 unspecified atom stereocenters. The van der Waals surface area contributed by atoms with Gasteiger partial charge in [-0.3, -0.25) is 9.97 Å². The summed E-state index contributed by atoms with van der Waals surface area (Å²) in [5.74, 6) is 0. The number of aromatic nitrogens is 4. The molecule has 10 rings (SSSR count). The molecule has 0 atom stereocenters. The number of fused-ring (bicyclic) bond motifs is 6. The first-order valence-electron chi connectivity index (χ1n) is 17.8. The molecule has 0 spiro atoms. The van der Waals surface area contributed by atoms with E-state index in [0.717, 1.165) is 24.2 Å². The van der Waals surface area contributed by atoms with Gasteiger partial charge < -0.3 is 9.13 Å². The molecule has 10 aromatic rings. The average molecular weight is 667 g/mol.